The summed E-state index contributed by atoms with van der Waals surface area (Å²) in [7, 11) is 0. The number of benzene rings is 1. The third-order valence-corrected chi connectivity index (χ3v) is 3.67. The van der Waals surface area contributed by atoms with Crippen molar-refractivity contribution in [1.29, 1.82) is 0 Å². The van der Waals surface area contributed by atoms with Crippen LogP contribution >= 0.6 is 11.9 Å². The Kier molecular flexibility index (Phi) is 2.83. The molecular weight excluding hydrogens is 262 g/mol. The molecule has 5 heteroatoms. The van der Waals surface area contributed by atoms with Crippen molar-refractivity contribution in [2.24, 2.45) is 4.40 Å². The largest absolute Gasteiger partial charge is 0.478 e. The monoisotopic (exact) mass is 271 g/mol. The van der Waals surface area contributed by atoms with Crippen molar-refractivity contribution in [3.05, 3.63) is 57.5 Å². The third-order valence-electron chi connectivity index (χ3n) is 3.01. The van der Waals surface area contributed by atoms with Crippen molar-refractivity contribution in [3.8, 4) is 0 Å². The lowest BCUT2D eigenvalue weighted by Gasteiger charge is -2.10. The van der Waals surface area contributed by atoms with Crippen LogP contribution < -0.4 is 10.6 Å². The van der Waals surface area contributed by atoms with E-state index in [-0.39, 0.29) is 11.3 Å². The molecule has 0 fully saturated rings. The first-order chi connectivity index (χ1) is 9.16. The van der Waals surface area contributed by atoms with E-state index >= 15 is 0 Å². The summed E-state index contributed by atoms with van der Waals surface area (Å²) >= 11 is 1.21. The minimum absolute atomic E-state index is 0.0378. The molecule has 1 aromatic carbocycles. The lowest BCUT2D eigenvalue weighted by atomic mass is 9.92. The van der Waals surface area contributed by atoms with Crippen LogP contribution in [0.3, 0.4) is 0 Å². The van der Waals surface area contributed by atoms with Crippen molar-refractivity contribution in [1.82, 2.24) is 0 Å². The number of hydrogen-bond donors (Lipinski definition) is 1. The van der Waals surface area contributed by atoms with E-state index < -0.39 is 5.97 Å². The maximum atomic E-state index is 12.1. The van der Waals surface area contributed by atoms with Crippen LogP contribution in [-0.2, 0) is 4.79 Å². The Morgan fingerprint density at radius 1 is 1.37 bits per heavy atom. The summed E-state index contributed by atoms with van der Waals surface area (Å²) in [5.74, 6) is -0.962. The van der Waals surface area contributed by atoms with Gasteiger partial charge in [0.2, 0.25) is 0 Å². The highest BCUT2D eigenvalue weighted by atomic mass is 32.2. The summed E-state index contributed by atoms with van der Waals surface area (Å²) in [6, 6.07) is 4.66. The number of allylic oxidation sites excluding steroid dienone is 3. The number of carbonyl (C=O) groups excluding carboxylic acids is 1. The number of nitrogens with zero attached hydrogens (tertiary/aromatic N) is 1. The molecule has 0 spiro atoms. The van der Waals surface area contributed by atoms with E-state index in [1.54, 1.807) is 6.07 Å². The van der Waals surface area contributed by atoms with E-state index in [1.807, 2.05) is 17.6 Å². The van der Waals surface area contributed by atoms with E-state index in [0.29, 0.717) is 22.6 Å². The van der Waals surface area contributed by atoms with Gasteiger partial charge in [0.05, 0.1) is 10.9 Å². The molecule has 0 radical (unpaired) electrons. The quantitative estimate of drug-likeness (QED) is 0.780. The van der Waals surface area contributed by atoms with E-state index in [0.717, 1.165) is 5.57 Å². The van der Waals surface area contributed by atoms with E-state index in [1.165, 1.54) is 24.1 Å². The number of Topliss-reactive ketones (excluding diaryl/α,β-unsaturated/α-hetero) is 1. The van der Waals surface area contributed by atoms with Crippen molar-refractivity contribution >= 4 is 29.3 Å². The van der Waals surface area contributed by atoms with Gasteiger partial charge in [-0.15, -0.1) is 0 Å². The Labute approximate surface area is 113 Å². The third kappa shape index (κ3) is 2.02. The second-order valence-corrected chi connectivity index (χ2v) is 4.84. The molecule has 1 aliphatic carbocycles. The zero-order valence-corrected chi connectivity index (χ0v) is 10.6. The molecule has 0 atom stereocenters. The molecule has 0 saturated heterocycles. The van der Waals surface area contributed by atoms with Gasteiger partial charge >= 0.3 is 5.97 Å². The summed E-state index contributed by atoms with van der Waals surface area (Å²) in [5.41, 5.74) is 1.64. The second kappa shape index (κ2) is 4.51. The standard InChI is InChI=1S/C14H9NO3S/c16-12-3-1-2-9-7-19-15-11-6-8(14(17)18)4-5-10(11)13(9)12/h1-2,4-7H,3H2,(H,17,18). The van der Waals surface area contributed by atoms with Gasteiger partial charge in [0.25, 0.3) is 0 Å². The first-order valence-corrected chi connectivity index (χ1v) is 6.52. The molecule has 0 bridgehead atoms. The zero-order valence-electron chi connectivity index (χ0n) is 9.79. The first-order valence-electron chi connectivity index (χ1n) is 5.68. The number of ketones is 1. The SMILES string of the molecule is O=C1CC=CC2=CSN=c3cc(C(=O)O)ccc3=C12. The maximum absolute atomic E-state index is 12.1. The van der Waals surface area contributed by atoms with Crippen LogP contribution in [0.1, 0.15) is 16.8 Å². The highest BCUT2D eigenvalue weighted by Crippen LogP contribution is 2.24. The van der Waals surface area contributed by atoms with Gasteiger partial charge in [-0.2, -0.15) is 0 Å². The highest BCUT2D eigenvalue weighted by molar-refractivity contribution is 8.00. The minimum atomic E-state index is -1.000. The normalized spacial score (nSPS) is 16.9. The molecule has 1 N–H and O–H groups in total. The molecule has 1 heterocycles. The highest BCUT2D eigenvalue weighted by Gasteiger charge is 2.19. The van der Waals surface area contributed by atoms with Gasteiger partial charge in [-0.1, -0.05) is 18.2 Å². The maximum Gasteiger partial charge on any atom is 0.335 e. The fourth-order valence-electron chi connectivity index (χ4n) is 2.13. The molecule has 1 aliphatic heterocycles. The lowest BCUT2D eigenvalue weighted by Crippen LogP contribution is -2.31. The Morgan fingerprint density at radius 2 is 2.21 bits per heavy atom. The van der Waals surface area contributed by atoms with Gasteiger partial charge in [-0.25, -0.2) is 9.19 Å². The van der Waals surface area contributed by atoms with Gasteiger partial charge in [0, 0.05) is 34.6 Å². The molecule has 4 nitrogen and oxygen atoms in total. The molecule has 94 valence electrons. The van der Waals surface area contributed by atoms with Crippen LogP contribution in [0.4, 0.5) is 0 Å². The van der Waals surface area contributed by atoms with Crippen LogP contribution in [0, 0.1) is 0 Å². The number of carboxylic acids is 1. The summed E-state index contributed by atoms with van der Waals surface area (Å²) in [6.07, 6.45) is 4.10. The minimum Gasteiger partial charge on any atom is -0.478 e. The van der Waals surface area contributed by atoms with E-state index in [4.69, 9.17) is 5.11 Å². The number of hydrogen-bond acceptors (Lipinski definition) is 4. The number of fused-ring (bicyclic) bond motifs is 2. The summed E-state index contributed by atoms with van der Waals surface area (Å²) in [6.45, 7) is 0. The van der Waals surface area contributed by atoms with Crippen molar-refractivity contribution < 1.29 is 14.7 Å². The Hall–Kier alpha value is -2.14. The van der Waals surface area contributed by atoms with Gasteiger partial charge in [0.15, 0.2) is 5.78 Å². The first kappa shape index (κ1) is 11.9. The molecule has 2 aliphatic rings. The fraction of sp³-hybridized carbons (Fsp3) is 0.0714. The lowest BCUT2D eigenvalue weighted by molar-refractivity contribution is -0.113. The number of carbonyl (C=O) groups is 2. The van der Waals surface area contributed by atoms with Gasteiger partial charge in [-0.05, 0) is 17.7 Å². The number of rotatable bonds is 1. The molecule has 0 unspecified atom stereocenters. The second-order valence-electron chi connectivity index (χ2n) is 4.21. The number of aromatic carboxylic acids is 1. The molecule has 0 amide bonds. The summed E-state index contributed by atoms with van der Waals surface area (Å²) in [4.78, 5) is 23.0. The van der Waals surface area contributed by atoms with Gasteiger partial charge < -0.3 is 5.11 Å². The fourth-order valence-corrected chi connectivity index (χ4v) is 2.76. The molecule has 0 aromatic heterocycles. The molecule has 3 rings (SSSR count). The van der Waals surface area contributed by atoms with Crippen LogP contribution in [0.5, 0.6) is 0 Å². The average Bonchev–Trinajstić information content (AvgIpc) is 2.57. The molecule has 19 heavy (non-hydrogen) atoms. The van der Waals surface area contributed by atoms with E-state index in [2.05, 4.69) is 4.40 Å². The van der Waals surface area contributed by atoms with Crippen LogP contribution in [0.25, 0.3) is 5.57 Å². The Bertz CT molecular complexity index is 774. The average molecular weight is 271 g/mol. The van der Waals surface area contributed by atoms with Crippen LogP contribution in [-0.4, -0.2) is 16.9 Å². The topological polar surface area (TPSA) is 66.7 Å². The molecule has 1 aromatic rings. The van der Waals surface area contributed by atoms with Gasteiger partial charge in [-0.3, -0.25) is 4.79 Å². The predicted molar refractivity (Wildman–Crippen MR) is 72.0 cm³/mol. The van der Waals surface area contributed by atoms with Crippen LogP contribution in [0.2, 0.25) is 0 Å². The van der Waals surface area contributed by atoms with Gasteiger partial charge in [0.1, 0.15) is 0 Å². The Balaban J connectivity index is 2.37. The molecule has 0 saturated carbocycles. The zero-order chi connectivity index (χ0) is 13.4. The summed E-state index contributed by atoms with van der Waals surface area (Å²) < 4.78 is 4.26. The predicted octanol–water partition coefficient (Wildman–Crippen LogP) is 1.23. The van der Waals surface area contributed by atoms with Crippen molar-refractivity contribution in [2.75, 3.05) is 0 Å². The van der Waals surface area contributed by atoms with Crippen LogP contribution in [0.15, 0.2) is 45.7 Å². The summed E-state index contributed by atoms with van der Waals surface area (Å²) in [5, 5.41) is 12.0. The molecular formula is C14H9NO3S. The van der Waals surface area contributed by atoms with Crippen molar-refractivity contribution in [2.45, 2.75) is 6.42 Å². The number of carboxylic acid groups (broad SMARTS) is 1. The Morgan fingerprint density at radius 3 is 3.00 bits per heavy atom. The smallest absolute Gasteiger partial charge is 0.335 e. The van der Waals surface area contributed by atoms with Crippen molar-refractivity contribution in [3.63, 3.8) is 0 Å². The van der Waals surface area contributed by atoms with E-state index in [9.17, 15) is 9.59 Å².